The van der Waals surface area contributed by atoms with Crippen molar-refractivity contribution in [1.82, 2.24) is 4.98 Å². The van der Waals surface area contributed by atoms with Gasteiger partial charge in [-0.2, -0.15) is 0 Å². The zero-order valence-corrected chi connectivity index (χ0v) is 14.2. The van der Waals surface area contributed by atoms with Crippen LogP contribution in [-0.4, -0.2) is 17.6 Å². The van der Waals surface area contributed by atoms with E-state index in [1.807, 2.05) is 12.1 Å². The molecular formula is C19H29NO2. The van der Waals surface area contributed by atoms with E-state index in [1.165, 1.54) is 12.8 Å². The van der Waals surface area contributed by atoms with Crippen LogP contribution in [0.4, 0.5) is 0 Å². The van der Waals surface area contributed by atoms with Gasteiger partial charge < -0.3 is 4.74 Å². The van der Waals surface area contributed by atoms with Crippen molar-refractivity contribution in [2.24, 2.45) is 5.92 Å². The number of nitrogens with zero attached hydrogens (tertiary/aromatic N) is 1. The monoisotopic (exact) mass is 303 g/mol. The molecule has 3 nitrogen and oxygen atoms in total. The van der Waals surface area contributed by atoms with Crippen LogP contribution in [0.3, 0.4) is 0 Å². The molecule has 1 aromatic rings. The van der Waals surface area contributed by atoms with Crippen LogP contribution in [0.5, 0.6) is 0 Å². The molecule has 22 heavy (non-hydrogen) atoms. The summed E-state index contributed by atoms with van der Waals surface area (Å²) in [6.45, 7) is 13.7. The molecule has 0 fully saturated rings. The van der Waals surface area contributed by atoms with E-state index in [-0.39, 0.29) is 5.97 Å². The summed E-state index contributed by atoms with van der Waals surface area (Å²) in [5.74, 6) is 0.248. The van der Waals surface area contributed by atoms with Crippen molar-refractivity contribution >= 4 is 12.0 Å². The molecule has 0 aromatic carbocycles. The van der Waals surface area contributed by atoms with E-state index in [9.17, 15) is 4.79 Å². The zero-order valence-electron chi connectivity index (χ0n) is 14.2. The number of ether oxygens (including phenoxy) is 1. The van der Waals surface area contributed by atoms with Gasteiger partial charge in [0, 0.05) is 18.0 Å². The van der Waals surface area contributed by atoms with E-state index in [2.05, 4.69) is 32.0 Å². The Bertz CT molecular complexity index is 440. The third-order valence-electron chi connectivity index (χ3n) is 3.28. The van der Waals surface area contributed by atoms with Crippen molar-refractivity contribution in [1.29, 1.82) is 0 Å². The molecule has 1 rings (SSSR count). The molecule has 0 spiro atoms. The van der Waals surface area contributed by atoms with Crippen molar-refractivity contribution in [3.63, 3.8) is 0 Å². The molecule has 0 aliphatic carbocycles. The van der Waals surface area contributed by atoms with Gasteiger partial charge in [-0.1, -0.05) is 52.3 Å². The Morgan fingerprint density at radius 2 is 2.00 bits per heavy atom. The average Bonchev–Trinajstić information content (AvgIpc) is 2.56. The Morgan fingerprint density at radius 1 is 1.36 bits per heavy atom. The van der Waals surface area contributed by atoms with Crippen molar-refractivity contribution < 1.29 is 9.53 Å². The molecule has 0 bridgehead atoms. The molecule has 1 heterocycles. The third-order valence-corrected chi connectivity index (χ3v) is 3.28. The molecule has 1 unspecified atom stereocenters. The first-order valence-corrected chi connectivity index (χ1v) is 7.90. The van der Waals surface area contributed by atoms with E-state index in [0.717, 1.165) is 18.4 Å². The van der Waals surface area contributed by atoms with Crippen molar-refractivity contribution in [2.45, 2.75) is 46.5 Å². The normalized spacial score (nSPS) is 10.9. The summed E-state index contributed by atoms with van der Waals surface area (Å²) in [5.41, 5.74) is 1.59. The lowest BCUT2D eigenvalue weighted by atomic mass is 10.0. The van der Waals surface area contributed by atoms with Crippen LogP contribution in [0.25, 0.3) is 6.08 Å². The molecule has 0 aliphatic heterocycles. The molecule has 0 saturated carbocycles. The van der Waals surface area contributed by atoms with Gasteiger partial charge >= 0.3 is 5.97 Å². The number of hydrogen-bond acceptors (Lipinski definition) is 3. The predicted octanol–water partition coefficient (Wildman–Crippen LogP) is 5.05. The fourth-order valence-electron chi connectivity index (χ4n) is 1.71. The van der Waals surface area contributed by atoms with Crippen LogP contribution in [0.15, 0.2) is 43.3 Å². The van der Waals surface area contributed by atoms with E-state index in [4.69, 9.17) is 4.74 Å². The van der Waals surface area contributed by atoms with Gasteiger partial charge in [-0.3, -0.25) is 4.98 Å². The van der Waals surface area contributed by atoms with Crippen molar-refractivity contribution in [3.05, 3.63) is 48.8 Å². The summed E-state index contributed by atoms with van der Waals surface area (Å²) in [5, 5.41) is 0. The number of hydrogen-bond donors (Lipinski definition) is 0. The maximum Gasteiger partial charge on any atom is 0.333 e. The summed E-state index contributed by atoms with van der Waals surface area (Å²) in [7, 11) is 0. The van der Waals surface area contributed by atoms with Gasteiger partial charge in [-0.15, -0.1) is 0 Å². The third kappa shape index (κ3) is 9.92. The Kier molecular flexibility index (Phi) is 11.7. The second-order valence-corrected chi connectivity index (χ2v) is 5.28. The van der Waals surface area contributed by atoms with Crippen LogP contribution < -0.4 is 0 Å². The van der Waals surface area contributed by atoms with Crippen LogP contribution >= 0.6 is 0 Å². The molecule has 0 N–H and O–H groups in total. The van der Waals surface area contributed by atoms with E-state index >= 15 is 0 Å². The molecule has 3 heteroatoms. The lowest BCUT2D eigenvalue weighted by molar-refractivity contribution is -0.140. The number of carbonyl (C=O) groups is 1. The fraction of sp³-hybridized carbons (Fsp3) is 0.474. The fourth-order valence-corrected chi connectivity index (χ4v) is 1.71. The van der Waals surface area contributed by atoms with Gasteiger partial charge in [-0.05, 0) is 37.0 Å². The summed E-state index contributed by atoms with van der Waals surface area (Å²) >= 11 is 0. The van der Waals surface area contributed by atoms with Gasteiger partial charge in [0.2, 0.25) is 0 Å². The largest absolute Gasteiger partial charge is 0.462 e. The lowest BCUT2D eigenvalue weighted by Crippen LogP contribution is -2.14. The Morgan fingerprint density at radius 3 is 2.41 bits per heavy atom. The average molecular weight is 303 g/mol. The maximum atomic E-state index is 11.1. The summed E-state index contributed by atoms with van der Waals surface area (Å²) in [6.07, 6.45) is 9.92. The number of esters is 1. The van der Waals surface area contributed by atoms with Gasteiger partial charge in [0.05, 0.1) is 6.61 Å². The molecule has 0 aliphatic rings. The highest BCUT2D eigenvalue weighted by Crippen LogP contribution is 2.13. The van der Waals surface area contributed by atoms with Gasteiger partial charge in [0.25, 0.3) is 0 Å². The molecule has 0 amide bonds. The molecule has 1 atom stereocenters. The maximum absolute atomic E-state index is 11.1. The standard InChI is InChI=1S/C12H22O2.C7H7N/c1-5-7-8-11(6-2)9-14-12(13)10(3)4;1-2-7-3-5-8-6-4-7/h11H,3,5-9H2,1-2,4H3;2-6H,1H2. The molecule has 0 radical (unpaired) electrons. The summed E-state index contributed by atoms with van der Waals surface area (Å²) < 4.78 is 5.12. The molecule has 0 saturated heterocycles. The zero-order chi connectivity index (χ0) is 16.8. The van der Waals surface area contributed by atoms with Gasteiger partial charge in [0.1, 0.15) is 0 Å². The predicted molar refractivity (Wildman–Crippen MR) is 93.4 cm³/mol. The minimum Gasteiger partial charge on any atom is -0.462 e. The number of pyridine rings is 1. The van der Waals surface area contributed by atoms with E-state index in [0.29, 0.717) is 18.1 Å². The number of rotatable bonds is 8. The SMILES string of the molecule is C=C(C)C(=O)OCC(CC)CCCC.C=Cc1ccncc1. The highest BCUT2D eigenvalue weighted by molar-refractivity contribution is 5.86. The van der Waals surface area contributed by atoms with Gasteiger partial charge in [-0.25, -0.2) is 4.79 Å². The molecular weight excluding hydrogens is 274 g/mol. The minimum absolute atomic E-state index is 0.264. The summed E-state index contributed by atoms with van der Waals surface area (Å²) in [6, 6.07) is 3.82. The van der Waals surface area contributed by atoms with E-state index in [1.54, 1.807) is 25.4 Å². The molecule has 122 valence electrons. The minimum atomic E-state index is -0.264. The number of carbonyl (C=O) groups excluding carboxylic acids is 1. The van der Waals surface area contributed by atoms with Crippen molar-refractivity contribution in [3.8, 4) is 0 Å². The lowest BCUT2D eigenvalue weighted by Gasteiger charge is -2.14. The van der Waals surface area contributed by atoms with Crippen LogP contribution in [0.2, 0.25) is 0 Å². The first-order valence-electron chi connectivity index (χ1n) is 7.90. The Labute approximate surface area is 135 Å². The van der Waals surface area contributed by atoms with Crippen molar-refractivity contribution in [2.75, 3.05) is 6.61 Å². The Balaban J connectivity index is 0.000000461. The smallest absolute Gasteiger partial charge is 0.333 e. The summed E-state index contributed by atoms with van der Waals surface area (Å²) in [4.78, 5) is 15.0. The van der Waals surface area contributed by atoms with Crippen LogP contribution in [0.1, 0.15) is 52.0 Å². The second kappa shape index (κ2) is 12.8. The van der Waals surface area contributed by atoms with Crippen LogP contribution in [-0.2, 0) is 9.53 Å². The highest BCUT2D eigenvalue weighted by atomic mass is 16.5. The highest BCUT2D eigenvalue weighted by Gasteiger charge is 2.09. The topological polar surface area (TPSA) is 39.2 Å². The van der Waals surface area contributed by atoms with E-state index < -0.39 is 0 Å². The Hall–Kier alpha value is -1.90. The first-order chi connectivity index (χ1) is 10.5. The quantitative estimate of drug-likeness (QED) is 0.498. The van der Waals surface area contributed by atoms with Crippen LogP contribution in [0, 0.1) is 5.92 Å². The number of unbranched alkanes of at least 4 members (excludes halogenated alkanes) is 1. The van der Waals surface area contributed by atoms with Gasteiger partial charge in [0.15, 0.2) is 0 Å². The number of aromatic nitrogens is 1. The second-order valence-electron chi connectivity index (χ2n) is 5.28. The first kappa shape index (κ1) is 20.1. The molecule has 1 aromatic heterocycles.